The molecule has 0 bridgehead atoms. The fourth-order valence-corrected chi connectivity index (χ4v) is 3.51. The molecule has 0 unspecified atom stereocenters. The second-order valence-corrected chi connectivity index (χ2v) is 7.91. The van der Waals surface area contributed by atoms with Crippen molar-refractivity contribution in [3.63, 3.8) is 0 Å². The zero-order valence-corrected chi connectivity index (χ0v) is 19.3. The Morgan fingerprint density at radius 2 is 1.76 bits per heavy atom. The van der Waals surface area contributed by atoms with Crippen molar-refractivity contribution in [1.29, 1.82) is 0 Å². The van der Waals surface area contributed by atoms with Gasteiger partial charge in [0.2, 0.25) is 0 Å². The first-order chi connectivity index (χ1) is 16.4. The molecule has 0 heterocycles. The maximum atomic E-state index is 14.1. The van der Waals surface area contributed by atoms with Crippen LogP contribution in [-0.2, 0) is 11.3 Å². The van der Waals surface area contributed by atoms with Gasteiger partial charge < -0.3 is 25.4 Å². The van der Waals surface area contributed by atoms with Crippen LogP contribution in [0.3, 0.4) is 0 Å². The molecular formula is C25H25ClFN3O4. The zero-order valence-electron chi connectivity index (χ0n) is 18.6. The highest BCUT2D eigenvalue weighted by Gasteiger charge is 2.16. The molecule has 0 radical (unpaired) electrons. The van der Waals surface area contributed by atoms with E-state index in [1.54, 1.807) is 18.2 Å². The molecule has 178 valence electrons. The van der Waals surface area contributed by atoms with Gasteiger partial charge in [0, 0.05) is 24.2 Å². The Morgan fingerprint density at radius 3 is 2.44 bits per heavy atom. The third kappa shape index (κ3) is 7.11. The van der Waals surface area contributed by atoms with E-state index in [1.165, 1.54) is 12.1 Å². The summed E-state index contributed by atoms with van der Waals surface area (Å²) < 4.78 is 19.4. The summed E-state index contributed by atoms with van der Waals surface area (Å²) >= 11 is 5.77. The minimum absolute atomic E-state index is 0.0311. The number of rotatable bonds is 10. The van der Waals surface area contributed by atoms with Crippen molar-refractivity contribution < 1.29 is 23.8 Å². The lowest BCUT2D eigenvalue weighted by atomic mass is 10.1. The van der Waals surface area contributed by atoms with Gasteiger partial charge >= 0.3 is 12.0 Å². The highest BCUT2D eigenvalue weighted by atomic mass is 35.5. The van der Waals surface area contributed by atoms with E-state index in [4.69, 9.17) is 21.4 Å². The van der Waals surface area contributed by atoms with Crippen LogP contribution in [0.1, 0.15) is 18.9 Å². The number of hydrogen-bond acceptors (Lipinski definition) is 4. The summed E-state index contributed by atoms with van der Waals surface area (Å²) in [7, 11) is 0. The average Bonchev–Trinajstić information content (AvgIpc) is 2.80. The molecule has 2 amide bonds. The molecule has 0 saturated heterocycles. The smallest absolute Gasteiger partial charge is 0.341 e. The predicted octanol–water partition coefficient (Wildman–Crippen LogP) is 6.00. The zero-order chi connectivity index (χ0) is 24.5. The number of anilines is 3. The number of aliphatic carboxylic acids is 1. The van der Waals surface area contributed by atoms with E-state index in [9.17, 15) is 14.0 Å². The van der Waals surface area contributed by atoms with Crippen LogP contribution < -0.4 is 20.3 Å². The maximum Gasteiger partial charge on any atom is 0.341 e. The molecule has 0 aliphatic carbocycles. The van der Waals surface area contributed by atoms with Gasteiger partial charge in [0.25, 0.3) is 0 Å². The van der Waals surface area contributed by atoms with E-state index in [1.807, 2.05) is 37.3 Å². The number of nitrogens with one attached hydrogen (secondary N) is 2. The van der Waals surface area contributed by atoms with E-state index >= 15 is 0 Å². The van der Waals surface area contributed by atoms with Crippen molar-refractivity contribution in [2.24, 2.45) is 0 Å². The normalized spacial score (nSPS) is 10.4. The molecule has 3 aromatic rings. The quantitative estimate of drug-likeness (QED) is 0.327. The minimum atomic E-state index is -1.12. The third-order valence-electron chi connectivity index (χ3n) is 4.81. The first-order valence-electron chi connectivity index (χ1n) is 10.7. The Hall–Kier alpha value is -3.78. The molecule has 9 heteroatoms. The summed E-state index contributed by atoms with van der Waals surface area (Å²) in [6, 6.07) is 18.1. The minimum Gasteiger partial charge on any atom is -0.482 e. The van der Waals surface area contributed by atoms with Gasteiger partial charge in [-0.3, -0.25) is 0 Å². The van der Waals surface area contributed by atoms with E-state index in [2.05, 4.69) is 15.5 Å². The summed E-state index contributed by atoms with van der Waals surface area (Å²) in [5.41, 5.74) is 2.15. The number of halogens is 2. The van der Waals surface area contributed by atoms with Crippen molar-refractivity contribution in [1.82, 2.24) is 0 Å². The first-order valence-corrected chi connectivity index (χ1v) is 11.0. The van der Waals surface area contributed by atoms with Gasteiger partial charge in [-0.25, -0.2) is 14.0 Å². The molecule has 3 rings (SSSR count). The number of carboxylic acids is 1. The molecule has 3 aromatic carbocycles. The number of hydrogen-bond donors (Lipinski definition) is 3. The molecule has 34 heavy (non-hydrogen) atoms. The van der Waals surface area contributed by atoms with Gasteiger partial charge in [0.05, 0.1) is 17.1 Å². The van der Waals surface area contributed by atoms with Crippen molar-refractivity contribution in [3.8, 4) is 5.75 Å². The van der Waals surface area contributed by atoms with Crippen molar-refractivity contribution in [3.05, 3.63) is 83.1 Å². The second kappa shape index (κ2) is 11.9. The monoisotopic (exact) mass is 485 g/mol. The van der Waals surface area contributed by atoms with Gasteiger partial charge in [-0.05, 0) is 42.3 Å². The van der Waals surface area contributed by atoms with Gasteiger partial charge in [-0.1, -0.05) is 48.9 Å². The van der Waals surface area contributed by atoms with Crippen LogP contribution >= 0.6 is 11.6 Å². The third-order valence-corrected chi connectivity index (χ3v) is 5.04. The molecule has 3 N–H and O–H groups in total. The van der Waals surface area contributed by atoms with E-state index < -0.39 is 24.4 Å². The molecule has 0 aliphatic heterocycles. The number of nitrogens with zero attached hydrogens (tertiary/aromatic N) is 1. The van der Waals surface area contributed by atoms with Crippen molar-refractivity contribution in [2.45, 2.75) is 19.9 Å². The number of urea groups is 1. The number of benzene rings is 3. The fourth-order valence-electron chi connectivity index (χ4n) is 3.35. The number of ether oxygens (including phenoxy) is 1. The second-order valence-electron chi connectivity index (χ2n) is 7.47. The number of carboxylic acid groups (broad SMARTS) is 1. The summed E-state index contributed by atoms with van der Waals surface area (Å²) in [4.78, 5) is 25.7. The molecular weight excluding hydrogens is 461 g/mol. The standard InChI is InChI=1S/C25H25ClFN3O4/c1-2-12-30(15-17-6-4-3-5-7-17)23-11-9-19(34-16-24(31)32)14-22(23)29-25(33)28-21-10-8-18(26)13-20(21)27/h3-11,13-14H,2,12,15-16H2,1H3,(H,31,32)(H2,28,29,33). The Labute approximate surface area is 202 Å². The molecule has 0 fully saturated rings. The highest BCUT2D eigenvalue weighted by molar-refractivity contribution is 6.30. The Morgan fingerprint density at radius 1 is 1.03 bits per heavy atom. The highest BCUT2D eigenvalue weighted by Crippen LogP contribution is 2.32. The van der Waals surface area contributed by atoms with Gasteiger partial charge in [-0.2, -0.15) is 0 Å². The van der Waals surface area contributed by atoms with Crippen LogP contribution in [0.4, 0.5) is 26.2 Å². The van der Waals surface area contributed by atoms with E-state index in [-0.39, 0.29) is 16.5 Å². The topological polar surface area (TPSA) is 90.9 Å². The van der Waals surface area contributed by atoms with Crippen LogP contribution in [0, 0.1) is 5.82 Å². The molecule has 0 aliphatic rings. The fraction of sp³-hybridized carbons (Fsp3) is 0.200. The van der Waals surface area contributed by atoms with Gasteiger partial charge in [0.1, 0.15) is 11.6 Å². The van der Waals surface area contributed by atoms with Crippen LogP contribution in [0.5, 0.6) is 5.75 Å². The van der Waals surface area contributed by atoms with Crippen LogP contribution in [0.15, 0.2) is 66.7 Å². The lowest BCUT2D eigenvalue weighted by molar-refractivity contribution is -0.139. The van der Waals surface area contributed by atoms with Crippen LogP contribution in [0.2, 0.25) is 5.02 Å². The van der Waals surface area contributed by atoms with E-state index in [0.717, 1.165) is 18.1 Å². The Kier molecular flexibility index (Phi) is 8.70. The number of carbonyl (C=O) groups is 2. The summed E-state index contributed by atoms with van der Waals surface area (Å²) in [5.74, 6) is -1.51. The predicted molar refractivity (Wildman–Crippen MR) is 131 cm³/mol. The Balaban J connectivity index is 1.89. The molecule has 0 atom stereocenters. The maximum absolute atomic E-state index is 14.1. The van der Waals surface area contributed by atoms with Crippen LogP contribution in [-0.4, -0.2) is 30.3 Å². The van der Waals surface area contributed by atoms with E-state index in [0.29, 0.717) is 24.5 Å². The number of carbonyl (C=O) groups excluding carboxylic acids is 1. The largest absolute Gasteiger partial charge is 0.482 e. The van der Waals surface area contributed by atoms with Crippen molar-refractivity contribution in [2.75, 3.05) is 28.7 Å². The molecule has 7 nitrogen and oxygen atoms in total. The van der Waals surface area contributed by atoms with Gasteiger partial charge in [0.15, 0.2) is 6.61 Å². The lowest BCUT2D eigenvalue weighted by Gasteiger charge is -2.27. The molecule has 0 aromatic heterocycles. The first kappa shape index (κ1) is 24.9. The van der Waals surface area contributed by atoms with Crippen molar-refractivity contribution >= 4 is 40.7 Å². The van der Waals surface area contributed by atoms with Crippen LogP contribution in [0.25, 0.3) is 0 Å². The molecule has 0 saturated carbocycles. The molecule has 0 spiro atoms. The summed E-state index contributed by atoms with van der Waals surface area (Å²) in [6.45, 7) is 2.81. The summed E-state index contributed by atoms with van der Waals surface area (Å²) in [6.07, 6.45) is 0.853. The average molecular weight is 486 g/mol. The lowest BCUT2D eigenvalue weighted by Crippen LogP contribution is -2.27. The SMILES string of the molecule is CCCN(Cc1ccccc1)c1ccc(OCC(=O)O)cc1NC(=O)Nc1ccc(Cl)cc1F. The number of amides is 2. The van der Waals surface area contributed by atoms with Gasteiger partial charge in [-0.15, -0.1) is 0 Å². The summed E-state index contributed by atoms with van der Waals surface area (Å²) in [5, 5.41) is 14.3. The Bertz CT molecular complexity index is 1140.